The van der Waals surface area contributed by atoms with E-state index in [-0.39, 0.29) is 35.9 Å². The zero-order valence-electron chi connectivity index (χ0n) is 12.4. The molecule has 3 rings (SSSR count). The lowest BCUT2D eigenvalue weighted by Gasteiger charge is -2.36. The number of nitrogens with one attached hydrogen (secondary N) is 1. The van der Waals surface area contributed by atoms with E-state index in [4.69, 9.17) is 11.6 Å². The summed E-state index contributed by atoms with van der Waals surface area (Å²) in [6, 6.07) is 4.06. The van der Waals surface area contributed by atoms with Gasteiger partial charge >= 0.3 is 6.18 Å². The Labute approximate surface area is 151 Å². The Morgan fingerprint density at radius 2 is 1.74 bits per heavy atom. The number of nitrogens with zero attached hydrogens (tertiary/aromatic N) is 1. The average Bonchev–Trinajstić information content (AvgIpc) is 3.25. The van der Waals surface area contributed by atoms with E-state index >= 15 is 0 Å². The van der Waals surface area contributed by atoms with E-state index in [0.29, 0.717) is 11.5 Å². The van der Waals surface area contributed by atoms with Gasteiger partial charge < -0.3 is 5.32 Å². The minimum absolute atomic E-state index is 0. The second kappa shape index (κ2) is 8.26. The fraction of sp³-hybridized carbons (Fsp3) is 0.600. The lowest BCUT2D eigenvalue weighted by Crippen LogP contribution is -2.46. The van der Waals surface area contributed by atoms with Gasteiger partial charge in [-0.15, -0.1) is 24.8 Å². The van der Waals surface area contributed by atoms with Crippen molar-refractivity contribution in [2.75, 3.05) is 26.2 Å². The summed E-state index contributed by atoms with van der Waals surface area (Å²) in [6.07, 6.45) is -2.34. The topological polar surface area (TPSA) is 15.3 Å². The third-order valence-electron chi connectivity index (χ3n) is 4.25. The van der Waals surface area contributed by atoms with Crippen molar-refractivity contribution < 1.29 is 13.2 Å². The summed E-state index contributed by atoms with van der Waals surface area (Å²) in [4.78, 5) is 2.19. The molecular formula is C15H20Cl3F3N2. The first-order valence-corrected chi connectivity index (χ1v) is 7.66. The number of rotatable bonds is 3. The van der Waals surface area contributed by atoms with Crippen LogP contribution < -0.4 is 5.32 Å². The third-order valence-corrected chi connectivity index (χ3v) is 4.49. The highest BCUT2D eigenvalue weighted by atomic mass is 35.5. The Morgan fingerprint density at radius 1 is 1.13 bits per heavy atom. The Kier molecular flexibility index (Phi) is 7.48. The molecule has 0 radical (unpaired) electrons. The van der Waals surface area contributed by atoms with E-state index < -0.39 is 11.7 Å². The minimum Gasteiger partial charge on any atom is -0.314 e. The molecule has 1 atom stereocenters. The molecule has 23 heavy (non-hydrogen) atoms. The Balaban J connectivity index is 0.00000132. The maximum atomic E-state index is 13.4. The molecule has 1 saturated heterocycles. The largest absolute Gasteiger partial charge is 0.416 e. The fourth-order valence-corrected chi connectivity index (χ4v) is 3.33. The summed E-state index contributed by atoms with van der Waals surface area (Å²) in [7, 11) is 0. The smallest absolute Gasteiger partial charge is 0.314 e. The Bertz CT molecular complexity index is 515. The minimum atomic E-state index is -4.36. The first kappa shape index (κ1) is 20.8. The molecule has 132 valence electrons. The van der Waals surface area contributed by atoms with Crippen molar-refractivity contribution in [2.24, 2.45) is 5.92 Å². The second-order valence-electron chi connectivity index (χ2n) is 5.80. The van der Waals surface area contributed by atoms with Crippen molar-refractivity contribution in [2.45, 2.75) is 25.1 Å². The molecule has 0 bridgehead atoms. The monoisotopic (exact) mass is 390 g/mol. The highest BCUT2D eigenvalue weighted by molar-refractivity contribution is 6.30. The van der Waals surface area contributed by atoms with Crippen LogP contribution in [0.2, 0.25) is 5.02 Å². The highest BCUT2D eigenvalue weighted by Gasteiger charge is 2.42. The van der Waals surface area contributed by atoms with E-state index in [9.17, 15) is 13.2 Å². The normalized spacial score (nSPS) is 20.3. The van der Waals surface area contributed by atoms with Gasteiger partial charge in [-0.1, -0.05) is 17.7 Å². The van der Waals surface area contributed by atoms with Gasteiger partial charge in [-0.3, -0.25) is 4.90 Å². The molecule has 1 N–H and O–H groups in total. The summed E-state index contributed by atoms with van der Waals surface area (Å²) in [5.41, 5.74) is -0.193. The number of hydrogen-bond acceptors (Lipinski definition) is 2. The van der Waals surface area contributed by atoms with Gasteiger partial charge in [0.05, 0.1) is 5.56 Å². The van der Waals surface area contributed by atoms with Crippen LogP contribution in [0.1, 0.15) is 30.0 Å². The quantitative estimate of drug-likeness (QED) is 0.812. The van der Waals surface area contributed by atoms with E-state index in [1.165, 1.54) is 0 Å². The summed E-state index contributed by atoms with van der Waals surface area (Å²) in [6.45, 7) is 3.25. The molecule has 2 fully saturated rings. The summed E-state index contributed by atoms with van der Waals surface area (Å²) in [5, 5.41) is 3.39. The van der Waals surface area contributed by atoms with Crippen molar-refractivity contribution in [3.63, 3.8) is 0 Å². The van der Waals surface area contributed by atoms with Crippen molar-refractivity contribution in [3.05, 3.63) is 34.3 Å². The van der Waals surface area contributed by atoms with Gasteiger partial charge in [0, 0.05) is 37.2 Å². The lowest BCUT2D eigenvalue weighted by molar-refractivity contribution is -0.138. The third kappa shape index (κ3) is 4.89. The zero-order chi connectivity index (χ0) is 15.0. The molecule has 0 spiro atoms. The summed E-state index contributed by atoms with van der Waals surface area (Å²) < 4.78 is 40.1. The SMILES string of the molecule is Cl.Cl.FC(F)(F)c1cc(Cl)ccc1[C@H](C1CC1)N1CCNCC1. The van der Waals surface area contributed by atoms with Crippen molar-refractivity contribution in [1.29, 1.82) is 0 Å². The summed E-state index contributed by atoms with van der Waals surface area (Å²) in [5.74, 6) is 0.338. The number of piperazine rings is 1. The molecule has 1 aliphatic carbocycles. The maximum Gasteiger partial charge on any atom is 0.416 e. The average molecular weight is 392 g/mol. The van der Waals surface area contributed by atoms with Crippen LogP contribution in [-0.4, -0.2) is 31.1 Å². The molecule has 2 nitrogen and oxygen atoms in total. The van der Waals surface area contributed by atoms with Crippen molar-refractivity contribution in [3.8, 4) is 0 Å². The van der Waals surface area contributed by atoms with Crippen molar-refractivity contribution >= 4 is 36.4 Å². The first-order valence-electron chi connectivity index (χ1n) is 7.28. The van der Waals surface area contributed by atoms with Crippen LogP contribution in [0.3, 0.4) is 0 Å². The zero-order valence-corrected chi connectivity index (χ0v) is 14.8. The molecule has 0 unspecified atom stereocenters. The maximum absolute atomic E-state index is 13.4. The number of hydrogen-bond donors (Lipinski definition) is 1. The van der Waals surface area contributed by atoms with E-state index in [0.717, 1.165) is 45.1 Å². The molecular weight excluding hydrogens is 372 g/mol. The Morgan fingerprint density at radius 3 is 2.26 bits per heavy atom. The van der Waals surface area contributed by atoms with Crippen LogP contribution in [0, 0.1) is 5.92 Å². The van der Waals surface area contributed by atoms with Gasteiger partial charge in [0.2, 0.25) is 0 Å². The molecule has 1 aromatic rings. The van der Waals surface area contributed by atoms with Crippen LogP contribution in [-0.2, 0) is 6.18 Å². The van der Waals surface area contributed by atoms with E-state index in [1.807, 2.05) is 0 Å². The molecule has 0 amide bonds. The molecule has 2 aliphatic rings. The van der Waals surface area contributed by atoms with Gasteiger partial charge in [0.15, 0.2) is 0 Å². The first-order chi connectivity index (χ1) is 9.97. The molecule has 1 aromatic carbocycles. The van der Waals surface area contributed by atoms with E-state index in [2.05, 4.69) is 10.2 Å². The van der Waals surface area contributed by atoms with Gasteiger partial charge in [-0.2, -0.15) is 13.2 Å². The standard InChI is InChI=1S/C15H18ClF3N2.2ClH/c16-11-3-4-12(13(9-11)15(17,18)19)14(10-1-2-10)21-7-5-20-6-8-21;;/h3-4,9-10,14,20H,1-2,5-8H2;2*1H/t14-;;/m0../s1. The van der Waals surface area contributed by atoms with Gasteiger partial charge in [0.25, 0.3) is 0 Å². The van der Waals surface area contributed by atoms with Gasteiger partial charge in [0.1, 0.15) is 0 Å². The predicted molar refractivity (Wildman–Crippen MR) is 90.9 cm³/mol. The number of alkyl halides is 3. The molecule has 8 heteroatoms. The van der Waals surface area contributed by atoms with Crippen LogP contribution in [0.5, 0.6) is 0 Å². The molecule has 1 aliphatic heterocycles. The van der Waals surface area contributed by atoms with Gasteiger partial charge in [-0.05, 0) is 36.5 Å². The van der Waals surface area contributed by atoms with Crippen LogP contribution >= 0.6 is 36.4 Å². The van der Waals surface area contributed by atoms with Crippen molar-refractivity contribution in [1.82, 2.24) is 10.2 Å². The van der Waals surface area contributed by atoms with Crippen LogP contribution in [0.15, 0.2) is 18.2 Å². The number of benzene rings is 1. The summed E-state index contributed by atoms with van der Waals surface area (Å²) >= 11 is 5.78. The van der Waals surface area contributed by atoms with Gasteiger partial charge in [-0.25, -0.2) is 0 Å². The Hall–Kier alpha value is -0.200. The number of halogens is 6. The molecule has 0 aromatic heterocycles. The highest BCUT2D eigenvalue weighted by Crippen LogP contribution is 2.48. The molecule has 1 saturated carbocycles. The second-order valence-corrected chi connectivity index (χ2v) is 6.23. The lowest BCUT2D eigenvalue weighted by atomic mass is 9.94. The fourth-order valence-electron chi connectivity index (χ4n) is 3.15. The predicted octanol–water partition coefficient (Wildman–Crippen LogP) is 4.56. The van der Waals surface area contributed by atoms with Crippen LogP contribution in [0.4, 0.5) is 13.2 Å². The molecule has 1 heterocycles. The van der Waals surface area contributed by atoms with E-state index in [1.54, 1.807) is 12.1 Å². The van der Waals surface area contributed by atoms with Crippen LogP contribution in [0.25, 0.3) is 0 Å².